The predicted molar refractivity (Wildman–Crippen MR) is 83.7 cm³/mol. The minimum absolute atomic E-state index is 0.285. The van der Waals surface area contributed by atoms with Crippen molar-refractivity contribution in [3.63, 3.8) is 0 Å². The standard InChI is InChI=1S/C14H17Br2NO2/c1-14(2,3)19-13(18)17-8-4-5-9-10(15)6-7-11(16)12(9)17/h6-7H,4-5,8H2,1-3H3. The van der Waals surface area contributed by atoms with Gasteiger partial charge in [0, 0.05) is 15.5 Å². The second-order valence-electron chi connectivity index (χ2n) is 5.59. The first-order valence-corrected chi connectivity index (χ1v) is 7.85. The Morgan fingerprint density at radius 1 is 1.26 bits per heavy atom. The van der Waals surface area contributed by atoms with E-state index in [-0.39, 0.29) is 6.09 Å². The van der Waals surface area contributed by atoms with E-state index in [9.17, 15) is 4.79 Å². The molecular formula is C14H17Br2NO2. The van der Waals surface area contributed by atoms with E-state index in [1.54, 1.807) is 4.90 Å². The van der Waals surface area contributed by atoms with Gasteiger partial charge in [-0.15, -0.1) is 0 Å². The van der Waals surface area contributed by atoms with Gasteiger partial charge < -0.3 is 4.74 Å². The van der Waals surface area contributed by atoms with Crippen molar-refractivity contribution in [2.45, 2.75) is 39.2 Å². The molecule has 0 aromatic heterocycles. The molecule has 0 unspecified atom stereocenters. The molecule has 1 aliphatic rings. The zero-order valence-electron chi connectivity index (χ0n) is 11.3. The van der Waals surface area contributed by atoms with Crippen molar-refractivity contribution < 1.29 is 9.53 Å². The van der Waals surface area contributed by atoms with Gasteiger partial charge in [0.25, 0.3) is 0 Å². The Bertz CT molecular complexity index is 509. The SMILES string of the molecule is CC(C)(C)OC(=O)N1CCCc2c(Br)ccc(Br)c21. The third-order valence-corrected chi connectivity index (χ3v) is 4.25. The van der Waals surface area contributed by atoms with Crippen LogP contribution in [0.4, 0.5) is 10.5 Å². The van der Waals surface area contributed by atoms with Crippen molar-refractivity contribution in [1.29, 1.82) is 0 Å². The van der Waals surface area contributed by atoms with Crippen LogP contribution in [-0.2, 0) is 11.2 Å². The lowest BCUT2D eigenvalue weighted by molar-refractivity contribution is 0.0577. The molecule has 104 valence electrons. The van der Waals surface area contributed by atoms with Crippen LogP contribution in [0.25, 0.3) is 0 Å². The van der Waals surface area contributed by atoms with E-state index in [4.69, 9.17) is 4.74 Å². The highest BCUT2D eigenvalue weighted by Crippen LogP contribution is 2.39. The molecule has 0 bridgehead atoms. The van der Waals surface area contributed by atoms with Crippen LogP contribution in [0, 0.1) is 0 Å². The van der Waals surface area contributed by atoms with Gasteiger partial charge in [0.05, 0.1) is 5.69 Å². The maximum Gasteiger partial charge on any atom is 0.414 e. The molecule has 19 heavy (non-hydrogen) atoms. The van der Waals surface area contributed by atoms with E-state index in [1.807, 2.05) is 32.9 Å². The number of fused-ring (bicyclic) bond motifs is 1. The fourth-order valence-electron chi connectivity index (χ4n) is 2.14. The molecule has 0 fully saturated rings. The van der Waals surface area contributed by atoms with E-state index >= 15 is 0 Å². The fraction of sp³-hybridized carbons (Fsp3) is 0.500. The highest BCUT2D eigenvalue weighted by Gasteiger charge is 2.29. The Kier molecular flexibility index (Phi) is 4.26. The van der Waals surface area contributed by atoms with E-state index in [0.717, 1.165) is 33.0 Å². The second-order valence-corrected chi connectivity index (χ2v) is 7.30. The molecule has 1 amide bonds. The first-order chi connectivity index (χ1) is 8.79. The number of carbonyl (C=O) groups is 1. The minimum atomic E-state index is -0.479. The quantitative estimate of drug-likeness (QED) is 0.630. The van der Waals surface area contributed by atoms with Gasteiger partial charge in [-0.3, -0.25) is 4.90 Å². The number of nitrogens with zero attached hydrogens (tertiary/aromatic N) is 1. The summed E-state index contributed by atoms with van der Waals surface area (Å²) in [4.78, 5) is 14.0. The molecule has 0 atom stereocenters. The van der Waals surface area contributed by atoms with Gasteiger partial charge in [-0.25, -0.2) is 4.79 Å². The van der Waals surface area contributed by atoms with Crippen LogP contribution in [0.15, 0.2) is 21.1 Å². The maximum atomic E-state index is 12.3. The van der Waals surface area contributed by atoms with Gasteiger partial charge in [-0.05, 0) is 67.2 Å². The van der Waals surface area contributed by atoms with Gasteiger partial charge in [-0.2, -0.15) is 0 Å². The van der Waals surface area contributed by atoms with Gasteiger partial charge in [-0.1, -0.05) is 15.9 Å². The van der Waals surface area contributed by atoms with Crippen molar-refractivity contribution in [1.82, 2.24) is 0 Å². The van der Waals surface area contributed by atoms with Crippen LogP contribution in [0.1, 0.15) is 32.8 Å². The second kappa shape index (κ2) is 5.44. The maximum absolute atomic E-state index is 12.3. The summed E-state index contributed by atoms with van der Waals surface area (Å²) < 4.78 is 7.45. The van der Waals surface area contributed by atoms with E-state index < -0.39 is 5.60 Å². The van der Waals surface area contributed by atoms with Gasteiger partial charge in [0.1, 0.15) is 5.60 Å². The van der Waals surface area contributed by atoms with E-state index in [1.165, 1.54) is 0 Å². The van der Waals surface area contributed by atoms with Crippen molar-refractivity contribution in [2.75, 3.05) is 11.4 Å². The number of rotatable bonds is 0. The third-order valence-electron chi connectivity index (χ3n) is 2.87. The van der Waals surface area contributed by atoms with Gasteiger partial charge in [0.15, 0.2) is 0 Å². The molecule has 1 heterocycles. The monoisotopic (exact) mass is 389 g/mol. The van der Waals surface area contributed by atoms with Crippen molar-refractivity contribution >= 4 is 43.6 Å². The summed E-state index contributed by atoms with van der Waals surface area (Å²) in [7, 11) is 0. The smallest absolute Gasteiger partial charge is 0.414 e. The number of benzene rings is 1. The summed E-state index contributed by atoms with van der Waals surface area (Å²) in [6.07, 6.45) is 1.63. The van der Waals surface area contributed by atoms with Gasteiger partial charge in [0.2, 0.25) is 0 Å². The molecule has 3 nitrogen and oxygen atoms in total. The Labute approximate surface area is 130 Å². The number of ether oxygens (including phenoxy) is 1. The van der Waals surface area contributed by atoms with E-state index in [0.29, 0.717) is 6.54 Å². The van der Waals surface area contributed by atoms with Crippen LogP contribution >= 0.6 is 31.9 Å². The number of amides is 1. The van der Waals surface area contributed by atoms with Gasteiger partial charge >= 0.3 is 6.09 Å². The highest BCUT2D eigenvalue weighted by molar-refractivity contribution is 9.11. The Morgan fingerprint density at radius 2 is 1.89 bits per heavy atom. The topological polar surface area (TPSA) is 29.5 Å². The molecule has 0 saturated heterocycles. The van der Waals surface area contributed by atoms with Crippen molar-refractivity contribution in [3.8, 4) is 0 Å². The van der Waals surface area contributed by atoms with Crippen LogP contribution in [0.2, 0.25) is 0 Å². The molecule has 5 heteroatoms. The number of halogens is 2. The first kappa shape index (κ1) is 14.9. The van der Waals surface area contributed by atoms with Crippen LogP contribution < -0.4 is 4.90 Å². The van der Waals surface area contributed by atoms with Crippen molar-refractivity contribution in [2.24, 2.45) is 0 Å². The van der Waals surface area contributed by atoms with Crippen LogP contribution in [0.5, 0.6) is 0 Å². The summed E-state index contributed by atoms with van der Waals surface area (Å²) >= 11 is 7.09. The molecule has 1 aromatic carbocycles. The average molecular weight is 391 g/mol. The highest BCUT2D eigenvalue weighted by atomic mass is 79.9. The zero-order valence-corrected chi connectivity index (χ0v) is 14.5. The molecule has 0 spiro atoms. The summed E-state index contributed by atoms with van der Waals surface area (Å²) in [5.41, 5.74) is 1.61. The Morgan fingerprint density at radius 3 is 2.53 bits per heavy atom. The predicted octanol–water partition coefficient (Wildman–Crippen LogP) is 4.90. The first-order valence-electron chi connectivity index (χ1n) is 6.27. The molecule has 2 rings (SSSR count). The Hall–Kier alpha value is -0.550. The summed E-state index contributed by atoms with van der Waals surface area (Å²) in [6, 6.07) is 3.95. The number of anilines is 1. The van der Waals surface area contributed by atoms with Crippen LogP contribution in [-0.4, -0.2) is 18.2 Å². The lowest BCUT2D eigenvalue weighted by atomic mass is 10.0. The van der Waals surface area contributed by atoms with E-state index in [2.05, 4.69) is 31.9 Å². The molecule has 0 aliphatic carbocycles. The summed E-state index contributed by atoms with van der Waals surface area (Å²) in [5, 5.41) is 0. The number of hydrogen-bond donors (Lipinski definition) is 0. The average Bonchev–Trinajstić information content (AvgIpc) is 2.31. The molecule has 0 radical (unpaired) electrons. The number of carbonyl (C=O) groups excluding carboxylic acids is 1. The largest absolute Gasteiger partial charge is 0.443 e. The normalized spacial score (nSPS) is 15.1. The zero-order chi connectivity index (χ0) is 14.2. The Balaban J connectivity index is 2.37. The number of hydrogen-bond acceptors (Lipinski definition) is 2. The minimum Gasteiger partial charge on any atom is -0.443 e. The summed E-state index contributed by atoms with van der Waals surface area (Å²) in [5.74, 6) is 0. The fourth-order valence-corrected chi connectivity index (χ4v) is 3.24. The van der Waals surface area contributed by atoms with Crippen molar-refractivity contribution in [3.05, 3.63) is 26.6 Å². The summed E-state index contributed by atoms with van der Waals surface area (Å²) in [6.45, 7) is 6.33. The third kappa shape index (κ3) is 3.31. The molecule has 0 N–H and O–H groups in total. The molecule has 0 saturated carbocycles. The molecule has 1 aromatic rings. The lowest BCUT2D eigenvalue weighted by Gasteiger charge is -2.32. The molecule has 1 aliphatic heterocycles. The molecular weight excluding hydrogens is 374 g/mol. The van der Waals surface area contributed by atoms with Crippen LogP contribution in [0.3, 0.4) is 0 Å². The lowest BCUT2D eigenvalue weighted by Crippen LogP contribution is -2.40.